The molecule has 0 unspecified atom stereocenters. The number of halogens is 1. The first-order chi connectivity index (χ1) is 15.7. The van der Waals surface area contributed by atoms with E-state index in [2.05, 4.69) is 17.2 Å². The van der Waals surface area contributed by atoms with Crippen LogP contribution < -0.4 is 20.4 Å². The number of piperidine rings is 1. The summed E-state index contributed by atoms with van der Waals surface area (Å²) < 4.78 is 20.3. The quantitative estimate of drug-likeness (QED) is 0.491. The summed E-state index contributed by atoms with van der Waals surface area (Å²) in [5, 5.41) is 5.43. The highest BCUT2D eigenvalue weighted by Gasteiger charge is 2.51. The molecule has 33 heavy (non-hydrogen) atoms. The zero-order chi connectivity index (χ0) is 23.8. The van der Waals surface area contributed by atoms with E-state index in [1.54, 1.807) is 12.1 Å². The van der Waals surface area contributed by atoms with Crippen molar-refractivity contribution >= 4 is 35.3 Å². The number of carbonyl (C=O) groups is 4. The molecule has 11 heteroatoms. The van der Waals surface area contributed by atoms with Gasteiger partial charge in [-0.1, -0.05) is 6.08 Å². The fourth-order valence-corrected chi connectivity index (χ4v) is 4.41. The molecule has 3 heterocycles. The number of benzene rings is 1. The second-order valence-electron chi connectivity index (χ2n) is 8.41. The lowest BCUT2D eigenvalue weighted by Crippen LogP contribution is -2.55. The van der Waals surface area contributed by atoms with Crippen molar-refractivity contribution in [1.29, 1.82) is 0 Å². The zero-order valence-corrected chi connectivity index (χ0v) is 18.3. The van der Waals surface area contributed by atoms with Crippen LogP contribution in [0.25, 0.3) is 0 Å². The third-order valence-electron chi connectivity index (χ3n) is 6.30. The van der Waals surface area contributed by atoms with Gasteiger partial charge in [0.1, 0.15) is 17.5 Å². The van der Waals surface area contributed by atoms with E-state index in [0.29, 0.717) is 37.3 Å². The Morgan fingerprint density at radius 2 is 2.06 bits per heavy atom. The predicted octanol–water partition coefficient (Wildman–Crippen LogP) is 1.36. The Balaban J connectivity index is 1.38. The summed E-state index contributed by atoms with van der Waals surface area (Å²) in [6.07, 6.45) is 1.26. The molecule has 1 aromatic rings. The van der Waals surface area contributed by atoms with Gasteiger partial charge in [-0.25, -0.2) is 14.0 Å². The third kappa shape index (κ3) is 4.22. The minimum absolute atomic E-state index is 0.162. The Hall–Kier alpha value is -3.63. The normalized spacial score (nSPS) is 21.9. The van der Waals surface area contributed by atoms with Gasteiger partial charge in [0.05, 0.1) is 24.5 Å². The van der Waals surface area contributed by atoms with Crippen LogP contribution in [-0.4, -0.2) is 73.7 Å². The molecule has 0 saturated carbocycles. The summed E-state index contributed by atoms with van der Waals surface area (Å²) in [6, 6.07) is 4.09. The highest BCUT2D eigenvalue weighted by atomic mass is 19.1. The lowest BCUT2D eigenvalue weighted by atomic mass is 9.87. The van der Waals surface area contributed by atoms with Gasteiger partial charge in [-0.05, 0) is 31.0 Å². The number of ether oxygens (including phenoxy) is 1. The minimum Gasteiger partial charge on any atom is -0.442 e. The van der Waals surface area contributed by atoms with Crippen molar-refractivity contribution in [2.45, 2.75) is 30.9 Å². The van der Waals surface area contributed by atoms with Crippen molar-refractivity contribution in [2.75, 3.05) is 43.0 Å². The van der Waals surface area contributed by atoms with Gasteiger partial charge >= 0.3 is 12.1 Å². The van der Waals surface area contributed by atoms with E-state index in [4.69, 9.17) is 4.74 Å². The highest BCUT2D eigenvalue weighted by molar-refractivity contribution is 6.06. The second kappa shape index (κ2) is 8.72. The monoisotopic (exact) mass is 459 g/mol. The number of amides is 5. The molecule has 0 aliphatic carbocycles. The van der Waals surface area contributed by atoms with Crippen LogP contribution in [0.2, 0.25) is 0 Å². The smallest absolute Gasteiger partial charge is 0.414 e. The molecule has 3 fully saturated rings. The number of likely N-dealkylation sites (N-methyl/N-ethyl adjacent to an activating group) is 1. The predicted molar refractivity (Wildman–Crippen MR) is 117 cm³/mol. The Labute approximate surface area is 190 Å². The molecule has 3 aliphatic heterocycles. The van der Waals surface area contributed by atoms with Crippen LogP contribution in [0.4, 0.5) is 25.4 Å². The molecule has 0 bridgehead atoms. The van der Waals surface area contributed by atoms with Crippen LogP contribution in [0, 0.1) is 5.82 Å². The number of carbonyl (C=O) groups excluding carboxylic acids is 4. The molecule has 1 spiro atoms. The van der Waals surface area contributed by atoms with Gasteiger partial charge in [0.15, 0.2) is 0 Å². The number of cyclic esters (lactones) is 1. The van der Waals surface area contributed by atoms with Crippen molar-refractivity contribution in [3.63, 3.8) is 0 Å². The molecule has 0 aromatic heterocycles. The van der Waals surface area contributed by atoms with Crippen LogP contribution >= 0.6 is 0 Å². The van der Waals surface area contributed by atoms with Gasteiger partial charge in [0.2, 0.25) is 5.91 Å². The summed E-state index contributed by atoms with van der Waals surface area (Å²) in [7, 11) is 1.44. The van der Waals surface area contributed by atoms with E-state index in [0.717, 1.165) is 4.90 Å². The van der Waals surface area contributed by atoms with Gasteiger partial charge in [0, 0.05) is 26.6 Å². The third-order valence-corrected chi connectivity index (χ3v) is 6.30. The van der Waals surface area contributed by atoms with Crippen LogP contribution in [-0.2, 0) is 14.3 Å². The zero-order valence-electron chi connectivity index (χ0n) is 18.3. The number of imide groups is 1. The molecular weight excluding hydrogens is 433 g/mol. The van der Waals surface area contributed by atoms with Crippen molar-refractivity contribution in [3.05, 3.63) is 36.7 Å². The molecule has 0 radical (unpaired) electrons. The number of hydrogen-bond acceptors (Lipinski definition) is 6. The minimum atomic E-state index is -0.922. The molecule has 3 saturated heterocycles. The summed E-state index contributed by atoms with van der Waals surface area (Å²) in [6.45, 7) is 4.64. The maximum atomic E-state index is 15.0. The van der Waals surface area contributed by atoms with Crippen molar-refractivity contribution in [1.82, 2.24) is 15.5 Å². The topological polar surface area (TPSA) is 111 Å². The standard InChI is InChI=1S/C22H26FN5O5/c1-3-4-18(29)24-12-15-13-28(21(32)33-15)14-5-6-17(16(23)11-14)27-9-7-22(8-10-27)19(30)26(2)20(31)25-22/h3,5-6,11,15H,1,4,7-10,12-13H2,2H3,(H,24,29)(H,25,31)/t15-/m0/s1. The van der Waals surface area contributed by atoms with E-state index < -0.39 is 29.6 Å². The first kappa shape index (κ1) is 22.6. The average molecular weight is 459 g/mol. The van der Waals surface area contributed by atoms with Crippen LogP contribution in [0.15, 0.2) is 30.9 Å². The van der Waals surface area contributed by atoms with Crippen LogP contribution in [0.3, 0.4) is 0 Å². The molecule has 1 atom stereocenters. The van der Waals surface area contributed by atoms with Gasteiger partial charge < -0.3 is 20.3 Å². The largest absolute Gasteiger partial charge is 0.442 e. The number of anilines is 2. The Morgan fingerprint density at radius 3 is 2.67 bits per heavy atom. The fourth-order valence-electron chi connectivity index (χ4n) is 4.41. The summed E-state index contributed by atoms with van der Waals surface area (Å²) >= 11 is 0. The number of hydrogen-bond donors (Lipinski definition) is 2. The first-order valence-corrected chi connectivity index (χ1v) is 10.7. The first-order valence-electron chi connectivity index (χ1n) is 10.7. The van der Waals surface area contributed by atoms with E-state index in [-0.39, 0.29) is 31.3 Å². The molecule has 1 aromatic carbocycles. The summed E-state index contributed by atoms with van der Waals surface area (Å²) in [4.78, 5) is 52.3. The lowest BCUT2D eigenvalue weighted by Gasteiger charge is -2.38. The number of nitrogens with zero attached hydrogens (tertiary/aromatic N) is 3. The van der Waals surface area contributed by atoms with Gasteiger partial charge in [-0.15, -0.1) is 6.58 Å². The number of rotatable bonds is 6. The van der Waals surface area contributed by atoms with Crippen molar-refractivity contribution in [2.24, 2.45) is 0 Å². The van der Waals surface area contributed by atoms with Crippen LogP contribution in [0.1, 0.15) is 19.3 Å². The molecule has 5 amide bonds. The molecule has 2 N–H and O–H groups in total. The van der Waals surface area contributed by atoms with E-state index in [9.17, 15) is 23.6 Å². The Bertz CT molecular complexity index is 1010. The van der Waals surface area contributed by atoms with E-state index in [1.807, 2.05) is 4.90 Å². The molecule has 3 aliphatic rings. The molecular formula is C22H26FN5O5. The van der Waals surface area contributed by atoms with E-state index >= 15 is 0 Å². The Morgan fingerprint density at radius 1 is 1.33 bits per heavy atom. The lowest BCUT2D eigenvalue weighted by molar-refractivity contribution is -0.131. The van der Waals surface area contributed by atoms with Crippen molar-refractivity contribution in [3.8, 4) is 0 Å². The van der Waals surface area contributed by atoms with E-state index in [1.165, 1.54) is 24.1 Å². The maximum absolute atomic E-state index is 15.0. The summed E-state index contributed by atoms with van der Waals surface area (Å²) in [5.41, 5.74) is -0.206. The molecule has 10 nitrogen and oxygen atoms in total. The van der Waals surface area contributed by atoms with Gasteiger partial charge in [-0.3, -0.25) is 19.4 Å². The Kier molecular flexibility index (Phi) is 5.96. The highest BCUT2D eigenvalue weighted by Crippen LogP contribution is 2.33. The SMILES string of the molecule is C=CCC(=O)NC[C@H]1CN(c2ccc(N3CCC4(CC3)NC(=O)N(C)C4=O)c(F)c2)C(=O)O1. The maximum Gasteiger partial charge on any atom is 0.414 e. The second-order valence-corrected chi connectivity index (χ2v) is 8.41. The average Bonchev–Trinajstić information content (AvgIpc) is 3.26. The fraction of sp³-hybridized carbons (Fsp3) is 0.455. The van der Waals surface area contributed by atoms with Gasteiger partial charge in [0.25, 0.3) is 5.91 Å². The number of nitrogens with one attached hydrogen (secondary N) is 2. The van der Waals surface area contributed by atoms with Gasteiger partial charge in [-0.2, -0.15) is 0 Å². The van der Waals surface area contributed by atoms with Crippen molar-refractivity contribution < 1.29 is 28.3 Å². The van der Waals surface area contributed by atoms with Crippen LogP contribution in [0.5, 0.6) is 0 Å². The summed E-state index contributed by atoms with van der Waals surface area (Å²) in [5.74, 6) is -0.979. The number of urea groups is 1. The molecule has 176 valence electrons. The molecule has 4 rings (SSSR count).